The van der Waals surface area contributed by atoms with Crippen molar-refractivity contribution in [1.29, 1.82) is 0 Å². The van der Waals surface area contributed by atoms with E-state index in [0.717, 1.165) is 0 Å². The summed E-state index contributed by atoms with van der Waals surface area (Å²) < 4.78 is 97.7. The van der Waals surface area contributed by atoms with E-state index in [2.05, 4.69) is 5.32 Å². The average Bonchev–Trinajstić information content (AvgIpc) is 2.83. The molecule has 3 rings (SSSR count). The quantitative estimate of drug-likeness (QED) is 0.297. The number of hydrogen-bond donors (Lipinski definition) is 1. The van der Waals surface area contributed by atoms with Gasteiger partial charge in [0.25, 0.3) is 0 Å². The molecule has 0 aliphatic carbocycles. The summed E-state index contributed by atoms with van der Waals surface area (Å²) in [6, 6.07) is 4.37. The van der Waals surface area contributed by atoms with Crippen LogP contribution in [0.2, 0.25) is 0 Å². The first-order valence-electron chi connectivity index (χ1n) is 12.4. The molecule has 1 aliphatic heterocycles. The normalized spacial score (nSPS) is 18.1. The van der Waals surface area contributed by atoms with E-state index >= 15 is 0 Å². The van der Waals surface area contributed by atoms with Gasteiger partial charge in [-0.05, 0) is 86.1 Å². The van der Waals surface area contributed by atoms with E-state index < -0.39 is 41.4 Å². The maximum Gasteiger partial charge on any atom is 0.416 e. The van der Waals surface area contributed by atoms with Gasteiger partial charge in [0.15, 0.2) is 0 Å². The molecule has 1 N–H and O–H groups in total. The van der Waals surface area contributed by atoms with Crippen LogP contribution in [0.25, 0.3) is 0 Å². The van der Waals surface area contributed by atoms with Crippen molar-refractivity contribution in [2.45, 2.75) is 57.9 Å². The number of halogens is 7. The fourth-order valence-electron chi connectivity index (χ4n) is 4.81. The van der Waals surface area contributed by atoms with Crippen LogP contribution in [0.1, 0.15) is 60.0 Å². The van der Waals surface area contributed by atoms with Crippen LogP contribution < -0.4 is 5.32 Å². The highest BCUT2D eigenvalue weighted by atomic mass is 19.4. The first-order valence-corrected chi connectivity index (χ1v) is 12.4. The molecule has 0 saturated carbocycles. The molecule has 0 spiro atoms. The van der Waals surface area contributed by atoms with Gasteiger partial charge in [0.2, 0.25) is 0 Å². The van der Waals surface area contributed by atoms with Crippen molar-refractivity contribution < 1.29 is 45.1 Å². The number of carbonyl (C=O) groups is 2. The highest BCUT2D eigenvalue weighted by Gasteiger charge is 2.37. The lowest BCUT2D eigenvalue weighted by Crippen LogP contribution is -2.47. The van der Waals surface area contributed by atoms with Crippen LogP contribution in [0, 0.1) is 18.7 Å². The van der Waals surface area contributed by atoms with Gasteiger partial charge in [0, 0.05) is 19.5 Å². The number of urea groups is 1. The molecule has 1 saturated heterocycles. The van der Waals surface area contributed by atoms with Crippen LogP contribution >= 0.6 is 0 Å². The summed E-state index contributed by atoms with van der Waals surface area (Å²) in [5.74, 6) is -0.923. The summed E-state index contributed by atoms with van der Waals surface area (Å²) in [6.07, 6.45) is -9.18. The fraction of sp³-hybridized carbons (Fsp3) is 0.481. The maximum atomic E-state index is 13.7. The third kappa shape index (κ3) is 8.09. The smallest absolute Gasteiger partial charge is 0.416 e. The van der Waals surface area contributed by atoms with Gasteiger partial charge in [-0.2, -0.15) is 26.3 Å². The number of piperidine rings is 1. The molecule has 12 heteroatoms. The molecule has 0 bridgehead atoms. The number of likely N-dealkylation sites (tertiary alicyclic amines) is 1. The van der Waals surface area contributed by atoms with Crippen LogP contribution in [0.3, 0.4) is 0 Å². The number of amides is 2. The number of benzene rings is 2. The molecule has 0 unspecified atom stereocenters. The molecule has 0 radical (unpaired) electrons. The topological polar surface area (TPSA) is 58.6 Å². The summed E-state index contributed by atoms with van der Waals surface area (Å²) in [5.41, 5.74) is -1.80. The van der Waals surface area contributed by atoms with E-state index in [1.807, 2.05) is 0 Å². The lowest BCUT2D eigenvalue weighted by Gasteiger charge is -2.40. The number of nitrogens with one attached hydrogen (secondary N) is 1. The Bertz CT molecular complexity index is 1150. The van der Waals surface area contributed by atoms with Crippen molar-refractivity contribution >= 4 is 12.0 Å². The van der Waals surface area contributed by atoms with Crippen LogP contribution in [0.5, 0.6) is 0 Å². The Balaban J connectivity index is 1.75. The number of aryl methyl sites for hydroxylation is 1. The fourth-order valence-corrected chi connectivity index (χ4v) is 4.81. The minimum atomic E-state index is -4.96. The van der Waals surface area contributed by atoms with E-state index in [9.17, 15) is 40.3 Å². The molecule has 1 aliphatic rings. The van der Waals surface area contributed by atoms with Gasteiger partial charge in [-0.15, -0.1) is 0 Å². The van der Waals surface area contributed by atoms with Gasteiger partial charge in [-0.1, -0.05) is 6.07 Å². The number of alkyl halides is 6. The Hall–Kier alpha value is -3.31. The molecule has 5 nitrogen and oxygen atoms in total. The van der Waals surface area contributed by atoms with E-state index in [-0.39, 0.29) is 56.1 Å². The number of carbonyl (C=O) groups excluding carboxylic acids is 2. The predicted octanol–water partition coefficient (Wildman–Crippen LogP) is 6.83. The zero-order valence-electron chi connectivity index (χ0n) is 21.4. The van der Waals surface area contributed by atoms with E-state index in [0.29, 0.717) is 36.1 Å². The Morgan fingerprint density at radius 3 is 2.23 bits per heavy atom. The Morgan fingerprint density at radius 1 is 1.03 bits per heavy atom. The molecular formula is C27H29F7N2O3. The zero-order valence-corrected chi connectivity index (χ0v) is 21.4. The van der Waals surface area contributed by atoms with E-state index in [1.54, 1.807) is 19.9 Å². The van der Waals surface area contributed by atoms with Crippen molar-refractivity contribution in [2.75, 3.05) is 19.7 Å². The van der Waals surface area contributed by atoms with Crippen molar-refractivity contribution in [3.8, 4) is 0 Å². The largest absolute Gasteiger partial charge is 0.466 e. The first kappa shape index (κ1) is 30.2. The second kappa shape index (κ2) is 12.3. The van der Waals surface area contributed by atoms with Gasteiger partial charge in [-0.3, -0.25) is 4.79 Å². The van der Waals surface area contributed by atoms with Gasteiger partial charge in [-0.25, -0.2) is 9.18 Å². The highest BCUT2D eigenvalue weighted by Crippen LogP contribution is 2.38. The van der Waals surface area contributed by atoms with Crippen molar-refractivity contribution in [3.05, 3.63) is 70.0 Å². The van der Waals surface area contributed by atoms with Crippen molar-refractivity contribution in [1.82, 2.24) is 10.2 Å². The van der Waals surface area contributed by atoms with E-state index in [4.69, 9.17) is 4.74 Å². The van der Waals surface area contributed by atoms with E-state index in [1.165, 1.54) is 17.0 Å². The Morgan fingerprint density at radius 2 is 1.67 bits per heavy atom. The molecule has 2 amide bonds. The third-order valence-corrected chi connectivity index (χ3v) is 6.66. The minimum Gasteiger partial charge on any atom is -0.466 e. The van der Waals surface area contributed by atoms with Crippen LogP contribution in [0.4, 0.5) is 35.5 Å². The first-order chi connectivity index (χ1) is 18.2. The van der Waals surface area contributed by atoms with Crippen LogP contribution in [0.15, 0.2) is 36.4 Å². The summed E-state index contributed by atoms with van der Waals surface area (Å²) >= 11 is 0. The predicted molar refractivity (Wildman–Crippen MR) is 128 cm³/mol. The molecule has 0 aromatic heterocycles. The standard InChI is InChI=1S/C27H29F7N2O3/c1-3-39-24(37)14-18-7-9-36(23(13-18)22-5-4-21(28)10-16(22)2)25(38)35-8-6-17-11-19(26(29,30)31)15-20(12-17)27(32,33)34/h4-5,10-12,15,18,23H,3,6-9,13-14H2,1-2H3,(H,35,38)/t18-,23+/m0/s1. The number of rotatable bonds is 7. The average molecular weight is 563 g/mol. The van der Waals surface area contributed by atoms with Crippen LogP contribution in [-0.4, -0.2) is 36.6 Å². The summed E-state index contributed by atoms with van der Waals surface area (Å²) in [7, 11) is 0. The second-order valence-electron chi connectivity index (χ2n) is 9.51. The number of ether oxygens (including phenoxy) is 1. The van der Waals surface area contributed by atoms with Crippen molar-refractivity contribution in [2.24, 2.45) is 5.92 Å². The highest BCUT2D eigenvalue weighted by molar-refractivity contribution is 5.75. The number of hydrogen-bond acceptors (Lipinski definition) is 3. The molecule has 2 aromatic carbocycles. The van der Waals surface area contributed by atoms with Gasteiger partial charge >= 0.3 is 24.4 Å². The SMILES string of the molecule is CCOC(=O)C[C@H]1CCN(C(=O)NCCc2cc(C(F)(F)F)cc(C(F)(F)F)c2)[C@@H](c2ccc(F)cc2C)C1. The lowest BCUT2D eigenvalue weighted by molar-refractivity contribution is -0.145. The minimum absolute atomic E-state index is 0.0537. The molecule has 39 heavy (non-hydrogen) atoms. The Kier molecular flexibility index (Phi) is 9.50. The van der Waals surface area contributed by atoms with Gasteiger partial charge < -0.3 is 15.0 Å². The maximum absolute atomic E-state index is 13.7. The Labute approximate surface area is 221 Å². The number of esters is 1. The van der Waals surface area contributed by atoms with Gasteiger partial charge in [0.1, 0.15) is 5.82 Å². The summed E-state index contributed by atoms with van der Waals surface area (Å²) in [5, 5.41) is 2.58. The summed E-state index contributed by atoms with van der Waals surface area (Å²) in [4.78, 5) is 26.6. The molecule has 2 aromatic rings. The molecule has 214 valence electrons. The number of nitrogens with zero attached hydrogens (tertiary/aromatic N) is 1. The second-order valence-corrected chi connectivity index (χ2v) is 9.51. The van der Waals surface area contributed by atoms with Crippen LogP contribution in [-0.2, 0) is 28.3 Å². The molecule has 1 heterocycles. The van der Waals surface area contributed by atoms with Gasteiger partial charge in [0.05, 0.1) is 23.8 Å². The lowest BCUT2D eigenvalue weighted by atomic mass is 9.84. The molecule has 1 fully saturated rings. The summed E-state index contributed by atoms with van der Waals surface area (Å²) in [6.45, 7) is 3.64. The molecule has 2 atom stereocenters. The molecular weight excluding hydrogens is 533 g/mol. The monoisotopic (exact) mass is 562 g/mol. The van der Waals surface area contributed by atoms with Crippen molar-refractivity contribution in [3.63, 3.8) is 0 Å². The third-order valence-electron chi connectivity index (χ3n) is 6.66. The zero-order chi connectivity index (χ0) is 29.0.